The van der Waals surface area contributed by atoms with E-state index in [0.29, 0.717) is 0 Å². The molecule has 3 aliphatic rings. The van der Waals surface area contributed by atoms with E-state index >= 15 is 0 Å². The lowest BCUT2D eigenvalue weighted by Gasteiger charge is -2.24. The summed E-state index contributed by atoms with van der Waals surface area (Å²) in [5.74, 6) is 0. The Bertz CT molecular complexity index is 666. The molecule has 0 radical (unpaired) electrons. The zero-order valence-electron chi connectivity index (χ0n) is 21.4. The standard InChI is InChI=1S/C31H50N2/c1-2-6-10-14-20-30-22-18-27-33(28-30)25-17-13-9-5-3-7-11-15-21-31-23-19-26-32(29-31)24-16-12-8-4-1/h10,14,18-19,22-23,27,29H,1-9,11-13,15-17,20-21,24-26,28H2. The molecule has 0 atom stereocenters. The van der Waals surface area contributed by atoms with Gasteiger partial charge in [-0.25, -0.2) is 0 Å². The van der Waals surface area contributed by atoms with Crippen LogP contribution in [0.2, 0.25) is 0 Å². The molecule has 0 aromatic rings. The molecule has 3 heterocycles. The summed E-state index contributed by atoms with van der Waals surface area (Å²) in [6, 6.07) is 0. The van der Waals surface area contributed by atoms with Crippen molar-refractivity contribution in [3.05, 3.63) is 60.0 Å². The summed E-state index contributed by atoms with van der Waals surface area (Å²) in [4.78, 5) is 5.06. The molecule has 0 amide bonds. The van der Waals surface area contributed by atoms with Crippen molar-refractivity contribution in [1.29, 1.82) is 0 Å². The van der Waals surface area contributed by atoms with E-state index in [1.54, 1.807) is 11.1 Å². The average Bonchev–Trinajstić information content (AvgIpc) is 2.84. The van der Waals surface area contributed by atoms with Crippen LogP contribution in [-0.4, -0.2) is 36.0 Å². The Labute approximate surface area is 205 Å². The van der Waals surface area contributed by atoms with E-state index in [4.69, 9.17) is 0 Å². The first-order valence-corrected chi connectivity index (χ1v) is 14.3. The fraction of sp³-hybridized carbons (Fsp3) is 0.677. The first kappa shape index (κ1) is 25.9. The van der Waals surface area contributed by atoms with Gasteiger partial charge in [0.2, 0.25) is 0 Å². The minimum atomic E-state index is 1.11. The molecule has 0 saturated carbocycles. The maximum absolute atomic E-state index is 2.54. The molecule has 0 spiro atoms. The maximum atomic E-state index is 2.54. The van der Waals surface area contributed by atoms with E-state index in [0.717, 1.165) is 19.5 Å². The molecule has 0 aliphatic carbocycles. The summed E-state index contributed by atoms with van der Waals surface area (Å²) in [5.41, 5.74) is 3.12. The zero-order chi connectivity index (χ0) is 22.8. The van der Waals surface area contributed by atoms with E-state index in [9.17, 15) is 0 Å². The number of nitrogens with zero attached hydrogens (tertiary/aromatic N) is 2. The maximum Gasteiger partial charge on any atom is 0.0389 e. The van der Waals surface area contributed by atoms with Gasteiger partial charge in [-0.1, -0.05) is 94.6 Å². The smallest absolute Gasteiger partial charge is 0.0389 e. The Balaban J connectivity index is 1.38. The first-order chi connectivity index (χ1) is 16.4. The van der Waals surface area contributed by atoms with Gasteiger partial charge in [-0.15, -0.1) is 0 Å². The van der Waals surface area contributed by atoms with Crippen molar-refractivity contribution in [2.75, 3.05) is 26.2 Å². The number of allylic oxidation sites excluding steroid dienone is 6. The fourth-order valence-electron chi connectivity index (χ4n) is 5.27. The largest absolute Gasteiger partial charge is 0.373 e. The SMILES string of the molecule is C1=CN2CCCCCCCCCCC3=CN(CC=C3)CCCCCCCCC=CCC(=C1)C2. The van der Waals surface area contributed by atoms with Gasteiger partial charge in [0.25, 0.3) is 0 Å². The van der Waals surface area contributed by atoms with Crippen molar-refractivity contribution >= 4 is 0 Å². The van der Waals surface area contributed by atoms with E-state index < -0.39 is 0 Å². The molecule has 0 fully saturated rings. The second kappa shape index (κ2) is 16.8. The summed E-state index contributed by atoms with van der Waals surface area (Å²) < 4.78 is 0. The van der Waals surface area contributed by atoms with Crippen molar-refractivity contribution in [2.24, 2.45) is 0 Å². The second-order valence-corrected chi connectivity index (χ2v) is 10.4. The molecule has 184 valence electrons. The Hall–Kier alpha value is -1.70. The molecular weight excluding hydrogens is 400 g/mol. The van der Waals surface area contributed by atoms with E-state index in [1.807, 2.05) is 0 Å². The quantitative estimate of drug-likeness (QED) is 0.340. The lowest BCUT2D eigenvalue weighted by Crippen LogP contribution is -2.23. The van der Waals surface area contributed by atoms with Gasteiger partial charge in [0.05, 0.1) is 0 Å². The van der Waals surface area contributed by atoms with Crippen LogP contribution in [0.1, 0.15) is 109 Å². The van der Waals surface area contributed by atoms with E-state index in [-0.39, 0.29) is 0 Å². The zero-order valence-corrected chi connectivity index (χ0v) is 21.4. The third-order valence-electron chi connectivity index (χ3n) is 7.33. The van der Waals surface area contributed by atoms with Crippen LogP contribution in [0, 0.1) is 0 Å². The van der Waals surface area contributed by atoms with Crippen molar-refractivity contribution in [3.8, 4) is 0 Å². The number of hydrogen-bond donors (Lipinski definition) is 0. The van der Waals surface area contributed by atoms with Crippen LogP contribution in [0.25, 0.3) is 0 Å². The summed E-state index contributed by atoms with van der Waals surface area (Å²) in [5, 5.41) is 0. The number of fused-ring (bicyclic) bond motifs is 3. The molecule has 3 rings (SSSR count). The molecule has 33 heavy (non-hydrogen) atoms. The monoisotopic (exact) mass is 450 g/mol. The topological polar surface area (TPSA) is 6.48 Å². The average molecular weight is 451 g/mol. The molecule has 2 nitrogen and oxygen atoms in total. The predicted molar refractivity (Wildman–Crippen MR) is 145 cm³/mol. The van der Waals surface area contributed by atoms with Gasteiger partial charge in [-0.05, 0) is 68.4 Å². The van der Waals surface area contributed by atoms with Crippen LogP contribution in [-0.2, 0) is 0 Å². The van der Waals surface area contributed by atoms with Gasteiger partial charge in [0.1, 0.15) is 0 Å². The van der Waals surface area contributed by atoms with Crippen LogP contribution >= 0.6 is 0 Å². The van der Waals surface area contributed by atoms with Gasteiger partial charge >= 0.3 is 0 Å². The molecule has 0 N–H and O–H groups in total. The highest BCUT2D eigenvalue weighted by Gasteiger charge is 2.07. The molecule has 4 bridgehead atoms. The minimum Gasteiger partial charge on any atom is -0.373 e. The molecule has 3 aliphatic heterocycles. The summed E-state index contributed by atoms with van der Waals surface area (Å²) >= 11 is 0. The van der Waals surface area contributed by atoms with Crippen LogP contribution in [0.4, 0.5) is 0 Å². The third kappa shape index (κ3) is 11.8. The summed E-state index contributed by atoms with van der Waals surface area (Å²) in [6.45, 7) is 4.70. The fourth-order valence-corrected chi connectivity index (χ4v) is 5.27. The van der Waals surface area contributed by atoms with Gasteiger partial charge in [-0.3, -0.25) is 0 Å². The highest BCUT2D eigenvalue weighted by atomic mass is 15.1. The van der Waals surface area contributed by atoms with Gasteiger partial charge in [0.15, 0.2) is 0 Å². The van der Waals surface area contributed by atoms with Gasteiger partial charge < -0.3 is 9.80 Å². The lowest BCUT2D eigenvalue weighted by atomic mass is 10.0. The second-order valence-electron chi connectivity index (χ2n) is 10.4. The van der Waals surface area contributed by atoms with Gasteiger partial charge in [0, 0.05) is 32.4 Å². The van der Waals surface area contributed by atoms with Crippen molar-refractivity contribution in [3.63, 3.8) is 0 Å². The molecule has 2 heteroatoms. The Morgan fingerprint density at radius 2 is 1.27 bits per heavy atom. The molecule has 0 aromatic heterocycles. The van der Waals surface area contributed by atoms with E-state index in [1.165, 1.54) is 116 Å². The highest BCUT2D eigenvalue weighted by Crippen LogP contribution is 2.18. The lowest BCUT2D eigenvalue weighted by molar-refractivity contribution is 0.381. The predicted octanol–water partition coefficient (Wildman–Crippen LogP) is 8.70. The van der Waals surface area contributed by atoms with Crippen LogP contribution in [0.5, 0.6) is 0 Å². The summed E-state index contributed by atoms with van der Waals surface area (Å²) in [7, 11) is 0. The normalized spacial score (nSPS) is 23.5. The molecule has 0 aromatic carbocycles. The van der Waals surface area contributed by atoms with E-state index in [2.05, 4.69) is 58.7 Å². The molecular formula is C31H50N2. The third-order valence-corrected chi connectivity index (χ3v) is 7.33. The van der Waals surface area contributed by atoms with Crippen molar-refractivity contribution < 1.29 is 0 Å². The van der Waals surface area contributed by atoms with Crippen molar-refractivity contribution in [2.45, 2.75) is 109 Å². The Morgan fingerprint density at radius 1 is 0.606 bits per heavy atom. The molecule has 0 saturated heterocycles. The van der Waals surface area contributed by atoms with Crippen LogP contribution in [0.3, 0.4) is 0 Å². The number of hydrogen-bond acceptors (Lipinski definition) is 2. The number of rotatable bonds is 0. The Kier molecular flexibility index (Phi) is 13.2. The van der Waals surface area contributed by atoms with Crippen LogP contribution in [0.15, 0.2) is 60.0 Å². The van der Waals surface area contributed by atoms with Crippen molar-refractivity contribution in [1.82, 2.24) is 9.80 Å². The van der Waals surface area contributed by atoms with Crippen LogP contribution < -0.4 is 0 Å². The summed E-state index contributed by atoms with van der Waals surface area (Å²) in [6.07, 6.45) is 42.0. The minimum absolute atomic E-state index is 1.11. The molecule has 0 unspecified atom stereocenters. The Morgan fingerprint density at radius 3 is 2.06 bits per heavy atom. The highest BCUT2D eigenvalue weighted by molar-refractivity contribution is 5.22. The first-order valence-electron chi connectivity index (χ1n) is 14.3. The van der Waals surface area contributed by atoms with Gasteiger partial charge in [-0.2, -0.15) is 0 Å².